The summed E-state index contributed by atoms with van der Waals surface area (Å²) in [5.74, 6) is 0.632. The van der Waals surface area contributed by atoms with Gasteiger partial charge in [-0.2, -0.15) is 0 Å². The molecule has 13 heavy (non-hydrogen) atoms. The van der Waals surface area contributed by atoms with Crippen molar-refractivity contribution in [2.45, 2.75) is 18.9 Å². The van der Waals surface area contributed by atoms with Crippen LogP contribution in [0.15, 0.2) is 17.5 Å². The molecule has 2 atom stereocenters. The van der Waals surface area contributed by atoms with Gasteiger partial charge in [0, 0.05) is 10.9 Å². The number of nitrogens with one attached hydrogen (secondary N) is 1. The van der Waals surface area contributed by atoms with Crippen LogP contribution in [0.25, 0.3) is 0 Å². The van der Waals surface area contributed by atoms with Gasteiger partial charge in [-0.25, -0.2) is 0 Å². The van der Waals surface area contributed by atoms with E-state index in [1.165, 1.54) is 17.7 Å². The first-order valence-electron chi connectivity index (χ1n) is 4.88. The van der Waals surface area contributed by atoms with Crippen molar-refractivity contribution in [1.82, 2.24) is 5.32 Å². The third-order valence-corrected chi connectivity index (χ3v) is 3.70. The quantitative estimate of drug-likeness (QED) is 0.756. The molecule has 1 saturated heterocycles. The SMILES string of the molecule is NCC1CCCNC1c1cccs1. The predicted octanol–water partition coefficient (Wildman–Crippen LogP) is 1.75. The molecule has 2 rings (SSSR count). The number of rotatable bonds is 2. The zero-order chi connectivity index (χ0) is 9.10. The zero-order valence-corrected chi connectivity index (χ0v) is 8.52. The van der Waals surface area contributed by atoms with Gasteiger partial charge >= 0.3 is 0 Å². The third-order valence-electron chi connectivity index (χ3n) is 2.74. The van der Waals surface area contributed by atoms with Crippen molar-refractivity contribution in [3.05, 3.63) is 22.4 Å². The van der Waals surface area contributed by atoms with Crippen LogP contribution in [0.3, 0.4) is 0 Å². The molecule has 0 aliphatic carbocycles. The smallest absolute Gasteiger partial charge is 0.0455 e. The van der Waals surface area contributed by atoms with Gasteiger partial charge in [0.1, 0.15) is 0 Å². The Balaban J connectivity index is 2.11. The normalized spacial score (nSPS) is 29.0. The summed E-state index contributed by atoms with van der Waals surface area (Å²) in [6.45, 7) is 1.94. The van der Waals surface area contributed by atoms with E-state index < -0.39 is 0 Å². The Labute approximate surface area is 83.1 Å². The number of nitrogens with two attached hydrogens (primary N) is 1. The van der Waals surface area contributed by atoms with Gasteiger partial charge in [-0.05, 0) is 43.3 Å². The van der Waals surface area contributed by atoms with Gasteiger partial charge in [0.05, 0.1) is 0 Å². The van der Waals surface area contributed by atoms with Gasteiger partial charge in [-0.3, -0.25) is 0 Å². The van der Waals surface area contributed by atoms with E-state index in [0.717, 1.165) is 13.1 Å². The van der Waals surface area contributed by atoms with Crippen LogP contribution in [0.4, 0.5) is 0 Å². The van der Waals surface area contributed by atoms with Crippen LogP contribution in [0, 0.1) is 5.92 Å². The van der Waals surface area contributed by atoms with Crippen molar-refractivity contribution in [3.8, 4) is 0 Å². The van der Waals surface area contributed by atoms with E-state index in [1.54, 1.807) is 0 Å². The van der Waals surface area contributed by atoms with E-state index in [4.69, 9.17) is 5.73 Å². The van der Waals surface area contributed by atoms with Gasteiger partial charge < -0.3 is 11.1 Å². The lowest BCUT2D eigenvalue weighted by atomic mass is 9.90. The summed E-state index contributed by atoms with van der Waals surface area (Å²) in [5.41, 5.74) is 5.76. The van der Waals surface area contributed by atoms with E-state index in [0.29, 0.717) is 12.0 Å². The standard InChI is InChI=1S/C10H16N2S/c11-7-8-3-1-5-12-10(8)9-4-2-6-13-9/h2,4,6,8,10,12H,1,3,5,7,11H2. The van der Waals surface area contributed by atoms with Gasteiger partial charge in [0.15, 0.2) is 0 Å². The molecule has 0 amide bonds. The molecule has 0 saturated carbocycles. The van der Waals surface area contributed by atoms with Crippen molar-refractivity contribution in [2.24, 2.45) is 11.7 Å². The van der Waals surface area contributed by atoms with E-state index in [1.807, 2.05) is 11.3 Å². The lowest BCUT2D eigenvalue weighted by Gasteiger charge is -2.31. The average Bonchev–Trinajstić information content (AvgIpc) is 2.70. The summed E-state index contributed by atoms with van der Waals surface area (Å²) < 4.78 is 0. The Hall–Kier alpha value is -0.380. The molecular weight excluding hydrogens is 180 g/mol. The Morgan fingerprint density at radius 2 is 2.54 bits per heavy atom. The monoisotopic (exact) mass is 196 g/mol. The third kappa shape index (κ3) is 1.93. The molecule has 1 aliphatic rings. The first-order chi connectivity index (χ1) is 6.42. The maximum absolute atomic E-state index is 5.76. The van der Waals surface area contributed by atoms with Crippen LogP contribution in [0.1, 0.15) is 23.8 Å². The molecule has 0 radical (unpaired) electrons. The molecule has 1 aromatic heterocycles. The molecule has 3 N–H and O–H groups in total. The Morgan fingerprint density at radius 3 is 3.23 bits per heavy atom. The topological polar surface area (TPSA) is 38.0 Å². The van der Waals surface area contributed by atoms with E-state index >= 15 is 0 Å². The molecule has 1 fully saturated rings. The van der Waals surface area contributed by atoms with Gasteiger partial charge in [0.2, 0.25) is 0 Å². The zero-order valence-electron chi connectivity index (χ0n) is 7.70. The first kappa shape index (κ1) is 9.19. The number of hydrogen-bond acceptors (Lipinski definition) is 3. The lowest BCUT2D eigenvalue weighted by molar-refractivity contribution is 0.295. The van der Waals surface area contributed by atoms with E-state index in [9.17, 15) is 0 Å². The van der Waals surface area contributed by atoms with Crippen LogP contribution >= 0.6 is 11.3 Å². The molecule has 0 spiro atoms. The number of piperidine rings is 1. The average molecular weight is 196 g/mol. The summed E-state index contributed by atoms with van der Waals surface area (Å²) in [6, 6.07) is 4.83. The molecular formula is C10H16N2S. The highest BCUT2D eigenvalue weighted by atomic mass is 32.1. The van der Waals surface area contributed by atoms with Gasteiger partial charge in [-0.15, -0.1) is 11.3 Å². The molecule has 3 heteroatoms. The predicted molar refractivity (Wildman–Crippen MR) is 56.8 cm³/mol. The molecule has 2 heterocycles. The summed E-state index contributed by atoms with van der Waals surface area (Å²) >= 11 is 1.83. The Kier molecular flexibility index (Phi) is 2.98. The largest absolute Gasteiger partial charge is 0.330 e. The minimum Gasteiger partial charge on any atom is -0.330 e. The molecule has 2 nitrogen and oxygen atoms in total. The molecule has 0 aromatic carbocycles. The van der Waals surface area contributed by atoms with Crippen LogP contribution in [0.5, 0.6) is 0 Å². The highest BCUT2D eigenvalue weighted by Crippen LogP contribution is 2.30. The molecule has 1 aromatic rings. The summed E-state index contributed by atoms with van der Waals surface area (Å²) in [4.78, 5) is 1.44. The summed E-state index contributed by atoms with van der Waals surface area (Å²) in [7, 11) is 0. The first-order valence-corrected chi connectivity index (χ1v) is 5.76. The molecule has 2 unspecified atom stereocenters. The van der Waals surface area contributed by atoms with Crippen LogP contribution in [-0.4, -0.2) is 13.1 Å². The Morgan fingerprint density at radius 1 is 1.62 bits per heavy atom. The van der Waals surface area contributed by atoms with Crippen molar-refractivity contribution >= 4 is 11.3 Å². The second kappa shape index (κ2) is 4.22. The summed E-state index contributed by atoms with van der Waals surface area (Å²) in [5, 5.41) is 5.69. The second-order valence-electron chi connectivity index (χ2n) is 3.59. The Bertz CT molecular complexity index is 245. The number of thiophene rings is 1. The van der Waals surface area contributed by atoms with Crippen molar-refractivity contribution in [2.75, 3.05) is 13.1 Å². The number of hydrogen-bond donors (Lipinski definition) is 2. The maximum atomic E-state index is 5.76. The highest BCUT2D eigenvalue weighted by Gasteiger charge is 2.25. The van der Waals surface area contributed by atoms with Crippen LogP contribution in [-0.2, 0) is 0 Å². The molecule has 72 valence electrons. The van der Waals surface area contributed by atoms with Crippen molar-refractivity contribution in [1.29, 1.82) is 0 Å². The fraction of sp³-hybridized carbons (Fsp3) is 0.600. The lowest BCUT2D eigenvalue weighted by Crippen LogP contribution is -2.37. The molecule has 1 aliphatic heterocycles. The van der Waals surface area contributed by atoms with Gasteiger partial charge in [0.25, 0.3) is 0 Å². The minimum atomic E-state index is 0.513. The fourth-order valence-corrected chi connectivity index (χ4v) is 2.90. The van der Waals surface area contributed by atoms with E-state index in [2.05, 4.69) is 22.8 Å². The van der Waals surface area contributed by atoms with Crippen molar-refractivity contribution in [3.63, 3.8) is 0 Å². The van der Waals surface area contributed by atoms with Gasteiger partial charge in [-0.1, -0.05) is 6.07 Å². The van der Waals surface area contributed by atoms with Crippen molar-refractivity contribution < 1.29 is 0 Å². The molecule has 0 bridgehead atoms. The summed E-state index contributed by atoms with van der Waals surface area (Å²) in [6.07, 6.45) is 2.54. The van der Waals surface area contributed by atoms with E-state index in [-0.39, 0.29) is 0 Å². The van der Waals surface area contributed by atoms with Crippen LogP contribution < -0.4 is 11.1 Å². The second-order valence-corrected chi connectivity index (χ2v) is 4.56. The fourth-order valence-electron chi connectivity index (χ4n) is 2.01. The highest BCUT2D eigenvalue weighted by molar-refractivity contribution is 7.10. The van der Waals surface area contributed by atoms with Crippen LogP contribution in [0.2, 0.25) is 0 Å². The minimum absolute atomic E-state index is 0.513. The maximum Gasteiger partial charge on any atom is 0.0455 e.